The lowest BCUT2D eigenvalue weighted by Crippen LogP contribution is -2.39. The Hall–Kier alpha value is -1.59. The van der Waals surface area contributed by atoms with Crippen LogP contribution in [0.25, 0.3) is 0 Å². The van der Waals surface area contributed by atoms with Crippen LogP contribution in [-0.2, 0) is 4.79 Å². The summed E-state index contributed by atoms with van der Waals surface area (Å²) in [5.41, 5.74) is 6.96. The van der Waals surface area contributed by atoms with Crippen molar-refractivity contribution >= 4 is 29.9 Å². The van der Waals surface area contributed by atoms with Crippen molar-refractivity contribution < 1.29 is 9.59 Å². The van der Waals surface area contributed by atoms with Gasteiger partial charge in [0.2, 0.25) is 5.91 Å². The number of rotatable bonds is 5. The van der Waals surface area contributed by atoms with Crippen LogP contribution in [0.1, 0.15) is 38.1 Å². The number of halogens is 1. The van der Waals surface area contributed by atoms with Gasteiger partial charge in [-0.1, -0.05) is 13.8 Å². The molecule has 0 saturated carbocycles. The molecular formula is C15H24ClN3O2. The van der Waals surface area contributed by atoms with Crippen molar-refractivity contribution in [3.63, 3.8) is 0 Å². The van der Waals surface area contributed by atoms with Gasteiger partial charge in [0, 0.05) is 17.3 Å². The molecule has 1 rings (SSSR count). The highest BCUT2D eigenvalue weighted by Gasteiger charge is 2.17. The van der Waals surface area contributed by atoms with E-state index in [0.29, 0.717) is 11.3 Å². The lowest BCUT2D eigenvalue weighted by Gasteiger charge is -2.15. The van der Waals surface area contributed by atoms with Crippen molar-refractivity contribution in [2.75, 3.05) is 5.32 Å². The van der Waals surface area contributed by atoms with Gasteiger partial charge in [-0.2, -0.15) is 0 Å². The van der Waals surface area contributed by atoms with Gasteiger partial charge in [0.15, 0.2) is 0 Å². The molecule has 0 fully saturated rings. The maximum atomic E-state index is 11.8. The number of hydrogen-bond donors (Lipinski definition) is 3. The first-order valence-corrected chi connectivity index (χ1v) is 6.78. The largest absolute Gasteiger partial charge is 0.350 e. The van der Waals surface area contributed by atoms with Crippen molar-refractivity contribution in [3.8, 4) is 0 Å². The fraction of sp³-hybridized carbons (Fsp3) is 0.467. The minimum absolute atomic E-state index is 0. The summed E-state index contributed by atoms with van der Waals surface area (Å²) in [6, 6.07) is 6.29. The summed E-state index contributed by atoms with van der Waals surface area (Å²) in [5.74, 6) is -0.276. The van der Waals surface area contributed by atoms with E-state index in [0.717, 1.165) is 0 Å². The van der Waals surface area contributed by atoms with E-state index in [-0.39, 0.29) is 36.2 Å². The number of anilines is 1. The van der Waals surface area contributed by atoms with Gasteiger partial charge in [-0.25, -0.2) is 0 Å². The van der Waals surface area contributed by atoms with E-state index in [1.165, 1.54) is 0 Å². The fourth-order valence-corrected chi connectivity index (χ4v) is 1.58. The lowest BCUT2D eigenvalue weighted by atomic mass is 10.0. The molecule has 0 bridgehead atoms. The molecule has 21 heavy (non-hydrogen) atoms. The third-order valence-corrected chi connectivity index (χ3v) is 2.86. The van der Waals surface area contributed by atoms with Crippen LogP contribution in [-0.4, -0.2) is 23.9 Å². The molecule has 4 N–H and O–H groups in total. The van der Waals surface area contributed by atoms with Gasteiger partial charge in [-0.15, -0.1) is 12.4 Å². The van der Waals surface area contributed by atoms with Crippen molar-refractivity contribution in [2.24, 2.45) is 11.7 Å². The summed E-state index contributed by atoms with van der Waals surface area (Å²) < 4.78 is 0. The Morgan fingerprint density at radius 2 is 1.57 bits per heavy atom. The number of carbonyl (C=O) groups excluding carboxylic acids is 2. The third kappa shape index (κ3) is 6.14. The molecule has 0 aliphatic carbocycles. The standard InChI is InChI=1S/C15H23N3O2.ClH/c1-9(2)13(16)15(20)18-12-7-5-11(6-8-12)14(19)17-10(3)4;/h5-10,13H,16H2,1-4H3,(H,17,19)(H,18,20);1H. The molecule has 0 aromatic heterocycles. The van der Waals surface area contributed by atoms with Gasteiger partial charge in [-0.3, -0.25) is 9.59 Å². The van der Waals surface area contributed by atoms with Crippen LogP contribution >= 0.6 is 12.4 Å². The average Bonchev–Trinajstić information content (AvgIpc) is 2.37. The monoisotopic (exact) mass is 313 g/mol. The topological polar surface area (TPSA) is 84.2 Å². The van der Waals surface area contributed by atoms with Gasteiger partial charge in [0.25, 0.3) is 5.91 Å². The summed E-state index contributed by atoms with van der Waals surface area (Å²) in [4.78, 5) is 23.6. The van der Waals surface area contributed by atoms with Gasteiger partial charge in [-0.05, 0) is 44.0 Å². The van der Waals surface area contributed by atoms with Crippen molar-refractivity contribution in [2.45, 2.75) is 39.8 Å². The third-order valence-electron chi connectivity index (χ3n) is 2.86. The van der Waals surface area contributed by atoms with Crippen LogP contribution in [0.3, 0.4) is 0 Å². The molecule has 0 radical (unpaired) electrons. The van der Waals surface area contributed by atoms with E-state index < -0.39 is 6.04 Å². The highest BCUT2D eigenvalue weighted by Crippen LogP contribution is 2.11. The molecule has 118 valence electrons. The number of benzene rings is 1. The molecule has 5 nitrogen and oxygen atoms in total. The highest BCUT2D eigenvalue weighted by atomic mass is 35.5. The lowest BCUT2D eigenvalue weighted by molar-refractivity contribution is -0.118. The summed E-state index contributed by atoms with van der Waals surface area (Å²) >= 11 is 0. The average molecular weight is 314 g/mol. The molecule has 6 heteroatoms. The van der Waals surface area contributed by atoms with Crippen LogP contribution in [0.4, 0.5) is 5.69 Å². The van der Waals surface area contributed by atoms with E-state index in [4.69, 9.17) is 5.73 Å². The Morgan fingerprint density at radius 1 is 1.05 bits per heavy atom. The minimum atomic E-state index is -0.543. The SMILES string of the molecule is CC(C)NC(=O)c1ccc(NC(=O)C(N)C(C)C)cc1.Cl. The number of carbonyl (C=O) groups is 2. The first-order chi connectivity index (χ1) is 9.31. The Kier molecular flexibility index (Phi) is 7.99. The Labute approximate surface area is 132 Å². The van der Waals surface area contributed by atoms with Crippen LogP contribution < -0.4 is 16.4 Å². The van der Waals surface area contributed by atoms with E-state index in [2.05, 4.69) is 10.6 Å². The van der Waals surface area contributed by atoms with Crippen molar-refractivity contribution in [3.05, 3.63) is 29.8 Å². The predicted molar refractivity (Wildman–Crippen MR) is 87.7 cm³/mol. The van der Waals surface area contributed by atoms with E-state index in [9.17, 15) is 9.59 Å². The quantitative estimate of drug-likeness (QED) is 0.779. The first kappa shape index (κ1) is 19.4. The Balaban J connectivity index is 0.00000400. The second kappa shape index (κ2) is 8.64. The molecule has 0 aliphatic rings. The second-order valence-electron chi connectivity index (χ2n) is 5.46. The Morgan fingerprint density at radius 3 is 2.00 bits per heavy atom. The van der Waals surface area contributed by atoms with Crippen molar-refractivity contribution in [1.29, 1.82) is 0 Å². The molecule has 1 atom stereocenters. The maximum absolute atomic E-state index is 11.8. The van der Waals surface area contributed by atoms with E-state index >= 15 is 0 Å². The van der Waals surface area contributed by atoms with Gasteiger partial charge >= 0.3 is 0 Å². The molecule has 1 aromatic rings. The summed E-state index contributed by atoms with van der Waals surface area (Å²) in [6.45, 7) is 7.59. The molecule has 0 spiro atoms. The molecule has 1 unspecified atom stereocenters. The molecule has 1 aromatic carbocycles. The van der Waals surface area contributed by atoms with Crippen LogP contribution in [0.15, 0.2) is 24.3 Å². The molecule has 0 heterocycles. The maximum Gasteiger partial charge on any atom is 0.251 e. The van der Waals surface area contributed by atoms with Gasteiger partial charge in [0.1, 0.15) is 0 Å². The Bertz CT molecular complexity index is 472. The summed E-state index contributed by atoms with van der Waals surface area (Å²) in [5, 5.41) is 5.54. The number of nitrogens with one attached hydrogen (secondary N) is 2. The van der Waals surface area contributed by atoms with Gasteiger partial charge in [0.05, 0.1) is 6.04 Å². The second-order valence-corrected chi connectivity index (χ2v) is 5.46. The van der Waals surface area contributed by atoms with Crippen LogP contribution in [0.5, 0.6) is 0 Å². The fourth-order valence-electron chi connectivity index (χ4n) is 1.58. The van der Waals surface area contributed by atoms with E-state index in [1.54, 1.807) is 24.3 Å². The summed E-state index contributed by atoms with van der Waals surface area (Å²) in [6.07, 6.45) is 0. The normalized spacial score (nSPS) is 11.8. The van der Waals surface area contributed by atoms with Crippen LogP contribution in [0.2, 0.25) is 0 Å². The highest BCUT2D eigenvalue weighted by molar-refractivity contribution is 5.97. The van der Waals surface area contributed by atoms with E-state index in [1.807, 2.05) is 27.7 Å². The molecule has 2 amide bonds. The molecular weight excluding hydrogens is 290 g/mol. The van der Waals surface area contributed by atoms with Crippen LogP contribution in [0, 0.1) is 5.92 Å². The summed E-state index contributed by atoms with van der Waals surface area (Å²) in [7, 11) is 0. The number of nitrogens with two attached hydrogens (primary N) is 1. The zero-order chi connectivity index (χ0) is 15.3. The predicted octanol–water partition coefficient (Wildman–Crippen LogP) is 2.17. The smallest absolute Gasteiger partial charge is 0.251 e. The molecule has 0 aliphatic heterocycles. The first-order valence-electron chi connectivity index (χ1n) is 6.78. The zero-order valence-corrected chi connectivity index (χ0v) is 13.7. The number of amides is 2. The zero-order valence-electron chi connectivity index (χ0n) is 12.8. The molecule has 0 saturated heterocycles. The minimum Gasteiger partial charge on any atom is -0.350 e. The van der Waals surface area contributed by atoms with Crippen molar-refractivity contribution in [1.82, 2.24) is 5.32 Å². The number of hydrogen-bond acceptors (Lipinski definition) is 3. The van der Waals surface area contributed by atoms with Gasteiger partial charge < -0.3 is 16.4 Å².